The molecule has 1 unspecified atom stereocenters. The Morgan fingerprint density at radius 2 is 1.81 bits per heavy atom. The van der Waals surface area contributed by atoms with Gasteiger partial charge in [-0.3, -0.25) is 4.79 Å². The minimum atomic E-state index is -0.683. The molecule has 116 valence electrons. The van der Waals surface area contributed by atoms with E-state index in [0.717, 1.165) is 6.42 Å². The van der Waals surface area contributed by atoms with Crippen molar-refractivity contribution in [3.63, 3.8) is 0 Å². The number of thiol groups is 1. The lowest BCUT2D eigenvalue weighted by atomic mass is 10.1. The summed E-state index contributed by atoms with van der Waals surface area (Å²) in [5.74, 6) is 0.290. The van der Waals surface area contributed by atoms with E-state index in [1.165, 1.54) is 0 Å². The predicted octanol–water partition coefficient (Wildman–Crippen LogP) is 2.83. The SMILES string of the molecule is CC(C)CC(S)CC(=O)N[C@@H](C)C(=O)Oc1ccccc1. The number of ether oxygens (including phenoxy) is 1. The highest BCUT2D eigenvalue weighted by Gasteiger charge is 2.19. The average Bonchev–Trinajstić information content (AvgIpc) is 2.38. The molecule has 0 aliphatic heterocycles. The maximum Gasteiger partial charge on any atom is 0.333 e. The van der Waals surface area contributed by atoms with Crippen LogP contribution in [0.3, 0.4) is 0 Å². The van der Waals surface area contributed by atoms with Gasteiger partial charge in [-0.1, -0.05) is 32.0 Å². The van der Waals surface area contributed by atoms with E-state index in [9.17, 15) is 9.59 Å². The molecule has 0 aromatic heterocycles. The van der Waals surface area contributed by atoms with Crippen molar-refractivity contribution in [2.75, 3.05) is 0 Å². The molecular weight excluding hydrogens is 286 g/mol. The van der Waals surface area contributed by atoms with Crippen LogP contribution in [-0.2, 0) is 9.59 Å². The molecule has 1 amide bonds. The van der Waals surface area contributed by atoms with Crippen LogP contribution >= 0.6 is 12.6 Å². The second-order valence-electron chi connectivity index (χ2n) is 5.51. The summed E-state index contributed by atoms with van der Waals surface area (Å²) in [6.07, 6.45) is 1.16. The van der Waals surface area contributed by atoms with Gasteiger partial charge in [-0.05, 0) is 31.4 Å². The van der Waals surface area contributed by atoms with Gasteiger partial charge in [0.05, 0.1) is 0 Å². The fourth-order valence-electron chi connectivity index (χ4n) is 1.89. The molecule has 0 radical (unpaired) electrons. The minimum Gasteiger partial charge on any atom is -0.425 e. The van der Waals surface area contributed by atoms with Crippen molar-refractivity contribution in [3.05, 3.63) is 30.3 Å². The number of nitrogens with one attached hydrogen (secondary N) is 1. The van der Waals surface area contributed by atoms with Crippen molar-refractivity contribution in [3.8, 4) is 5.75 Å². The lowest BCUT2D eigenvalue weighted by Gasteiger charge is -2.16. The highest BCUT2D eigenvalue weighted by Crippen LogP contribution is 2.14. The third-order valence-electron chi connectivity index (χ3n) is 2.86. The first kappa shape index (κ1) is 17.6. The highest BCUT2D eigenvalue weighted by molar-refractivity contribution is 7.81. The summed E-state index contributed by atoms with van der Waals surface area (Å²) in [5, 5.41) is 2.64. The van der Waals surface area contributed by atoms with Gasteiger partial charge in [-0.2, -0.15) is 12.6 Å². The molecule has 0 spiro atoms. The van der Waals surface area contributed by atoms with Gasteiger partial charge in [0.2, 0.25) is 5.91 Å². The fraction of sp³-hybridized carbons (Fsp3) is 0.500. The largest absolute Gasteiger partial charge is 0.425 e. The molecule has 0 saturated heterocycles. The van der Waals surface area contributed by atoms with Crippen molar-refractivity contribution >= 4 is 24.5 Å². The summed E-state index contributed by atoms with van der Waals surface area (Å²) in [7, 11) is 0. The third kappa shape index (κ3) is 7.18. The molecular formula is C16H23NO3S. The van der Waals surface area contributed by atoms with Crippen LogP contribution in [0.5, 0.6) is 5.75 Å². The monoisotopic (exact) mass is 309 g/mol. The smallest absolute Gasteiger partial charge is 0.333 e. The van der Waals surface area contributed by atoms with E-state index < -0.39 is 12.0 Å². The molecule has 21 heavy (non-hydrogen) atoms. The maximum atomic E-state index is 11.9. The summed E-state index contributed by atoms with van der Waals surface area (Å²) in [6, 6.07) is 8.10. The second kappa shape index (κ2) is 8.72. The number of hydrogen-bond acceptors (Lipinski definition) is 4. The van der Waals surface area contributed by atoms with E-state index >= 15 is 0 Å². The average molecular weight is 309 g/mol. The Bertz CT molecular complexity index is 462. The zero-order valence-electron chi connectivity index (χ0n) is 12.7. The van der Waals surface area contributed by atoms with Crippen LogP contribution in [0.15, 0.2) is 30.3 Å². The Hall–Kier alpha value is -1.49. The highest BCUT2D eigenvalue weighted by atomic mass is 32.1. The number of rotatable bonds is 7. The normalized spacial score (nSPS) is 13.6. The Kier molecular flexibility index (Phi) is 7.29. The molecule has 1 rings (SSSR count). The fourth-order valence-corrected chi connectivity index (χ4v) is 2.48. The predicted molar refractivity (Wildman–Crippen MR) is 86.5 cm³/mol. The zero-order valence-corrected chi connectivity index (χ0v) is 13.6. The van der Waals surface area contributed by atoms with Crippen molar-refractivity contribution < 1.29 is 14.3 Å². The molecule has 0 saturated carbocycles. The van der Waals surface area contributed by atoms with Crippen LogP contribution in [0.1, 0.15) is 33.6 Å². The van der Waals surface area contributed by atoms with Gasteiger partial charge in [0.1, 0.15) is 11.8 Å². The lowest BCUT2D eigenvalue weighted by Crippen LogP contribution is -2.41. The molecule has 0 aliphatic carbocycles. The molecule has 0 aliphatic rings. The number of esters is 1. The first-order valence-corrected chi connectivity index (χ1v) is 7.64. The molecule has 2 atom stereocenters. The van der Waals surface area contributed by atoms with Gasteiger partial charge in [-0.15, -0.1) is 0 Å². The van der Waals surface area contributed by atoms with Crippen LogP contribution in [-0.4, -0.2) is 23.2 Å². The van der Waals surface area contributed by atoms with E-state index in [4.69, 9.17) is 4.74 Å². The number of para-hydroxylation sites is 1. The quantitative estimate of drug-likeness (QED) is 0.462. The number of benzene rings is 1. The van der Waals surface area contributed by atoms with E-state index in [0.29, 0.717) is 18.1 Å². The first-order chi connectivity index (χ1) is 9.88. The molecule has 0 fully saturated rings. The Morgan fingerprint density at radius 1 is 1.19 bits per heavy atom. The Morgan fingerprint density at radius 3 is 2.38 bits per heavy atom. The molecule has 0 bridgehead atoms. The summed E-state index contributed by atoms with van der Waals surface area (Å²) in [5.41, 5.74) is 0. The maximum absolute atomic E-state index is 11.9. The van der Waals surface area contributed by atoms with Crippen LogP contribution in [0.4, 0.5) is 0 Å². The summed E-state index contributed by atoms with van der Waals surface area (Å²) in [6.45, 7) is 5.78. The van der Waals surface area contributed by atoms with Gasteiger partial charge >= 0.3 is 5.97 Å². The number of carbonyl (C=O) groups excluding carboxylic acids is 2. The van der Waals surface area contributed by atoms with E-state index in [1.807, 2.05) is 6.07 Å². The second-order valence-corrected chi connectivity index (χ2v) is 6.24. The lowest BCUT2D eigenvalue weighted by molar-refractivity contribution is -0.138. The minimum absolute atomic E-state index is 0.00217. The van der Waals surface area contributed by atoms with Gasteiger partial charge in [0.25, 0.3) is 0 Å². The third-order valence-corrected chi connectivity index (χ3v) is 3.25. The van der Waals surface area contributed by atoms with Gasteiger partial charge in [0.15, 0.2) is 0 Å². The summed E-state index contributed by atoms with van der Waals surface area (Å²) < 4.78 is 5.17. The van der Waals surface area contributed by atoms with E-state index in [-0.39, 0.29) is 11.2 Å². The molecule has 1 N–H and O–H groups in total. The van der Waals surface area contributed by atoms with Gasteiger partial charge < -0.3 is 10.1 Å². The summed E-state index contributed by atoms with van der Waals surface area (Å²) >= 11 is 4.39. The van der Waals surface area contributed by atoms with Crippen molar-refractivity contribution in [2.45, 2.75) is 44.9 Å². The van der Waals surface area contributed by atoms with Crippen LogP contribution in [0, 0.1) is 5.92 Å². The number of carbonyl (C=O) groups is 2. The van der Waals surface area contributed by atoms with Gasteiger partial charge in [-0.25, -0.2) is 4.79 Å². The number of hydrogen-bond donors (Lipinski definition) is 2. The first-order valence-electron chi connectivity index (χ1n) is 7.12. The molecule has 4 nitrogen and oxygen atoms in total. The van der Waals surface area contributed by atoms with Crippen molar-refractivity contribution in [1.29, 1.82) is 0 Å². The Labute approximate surface area is 131 Å². The standard InChI is InChI=1S/C16H23NO3S/c1-11(2)9-14(21)10-15(18)17-12(3)16(19)20-13-7-5-4-6-8-13/h4-8,11-12,14,21H,9-10H2,1-3H3,(H,17,18)/t12-,14?/m0/s1. The summed E-state index contributed by atoms with van der Waals surface area (Å²) in [4.78, 5) is 23.7. The van der Waals surface area contributed by atoms with Crippen LogP contribution < -0.4 is 10.1 Å². The topological polar surface area (TPSA) is 55.4 Å². The van der Waals surface area contributed by atoms with Crippen molar-refractivity contribution in [1.82, 2.24) is 5.32 Å². The van der Waals surface area contributed by atoms with Crippen molar-refractivity contribution in [2.24, 2.45) is 5.92 Å². The van der Waals surface area contributed by atoms with E-state index in [1.54, 1.807) is 31.2 Å². The Balaban J connectivity index is 2.39. The molecule has 0 heterocycles. The zero-order chi connectivity index (χ0) is 15.8. The van der Waals surface area contributed by atoms with Gasteiger partial charge in [0, 0.05) is 11.7 Å². The van der Waals surface area contributed by atoms with Crippen LogP contribution in [0.2, 0.25) is 0 Å². The van der Waals surface area contributed by atoms with E-state index in [2.05, 4.69) is 31.8 Å². The molecule has 1 aromatic carbocycles. The van der Waals surface area contributed by atoms with Crippen LogP contribution in [0.25, 0.3) is 0 Å². The number of amides is 1. The molecule has 5 heteroatoms. The molecule has 1 aromatic rings.